The van der Waals surface area contributed by atoms with Crippen LogP contribution in [0, 0.1) is 0 Å². The maximum Gasteiger partial charge on any atom is 0.338 e. The first-order chi connectivity index (χ1) is 13.7. The van der Waals surface area contributed by atoms with Gasteiger partial charge in [-0.05, 0) is 30.5 Å². The Morgan fingerprint density at radius 2 is 2.21 bits per heavy atom. The van der Waals surface area contributed by atoms with Gasteiger partial charge in [-0.1, -0.05) is 23.9 Å². The molecule has 4 heterocycles. The summed E-state index contributed by atoms with van der Waals surface area (Å²) in [6.45, 7) is 2.01. The third kappa shape index (κ3) is 3.60. The van der Waals surface area contributed by atoms with Crippen molar-refractivity contribution in [1.29, 1.82) is 0 Å². The summed E-state index contributed by atoms with van der Waals surface area (Å²) in [5.74, 6) is -0.103. The van der Waals surface area contributed by atoms with E-state index in [1.807, 2.05) is 46.3 Å². The van der Waals surface area contributed by atoms with E-state index in [1.165, 1.54) is 23.1 Å². The number of thioether (sulfide) groups is 1. The van der Waals surface area contributed by atoms with Crippen LogP contribution in [-0.2, 0) is 9.53 Å². The van der Waals surface area contributed by atoms with Gasteiger partial charge < -0.3 is 15.4 Å². The van der Waals surface area contributed by atoms with Crippen molar-refractivity contribution in [3.63, 3.8) is 0 Å². The van der Waals surface area contributed by atoms with Gasteiger partial charge in [0.05, 0.1) is 18.2 Å². The molecular weight excluding hydrogens is 398 g/mol. The first kappa shape index (κ1) is 18.5. The van der Waals surface area contributed by atoms with Crippen molar-refractivity contribution in [2.75, 3.05) is 12.4 Å². The minimum Gasteiger partial charge on any atom is -0.463 e. The van der Waals surface area contributed by atoms with Gasteiger partial charge in [0.1, 0.15) is 0 Å². The number of aromatic nitrogens is 3. The Kier molecular flexibility index (Phi) is 5.31. The van der Waals surface area contributed by atoms with E-state index in [0.717, 1.165) is 10.5 Å². The zero-order valence-corrected chi connectivity index (χ0v) is 16.5. The summed E-state index contributed by atoms with van der Waals surface area (Å²) in [5, 5.41) is 16.5. The lowest BCUT2D eigenvalue weighted by Crippen LogP contribution is -2.46. The van der Waals surface area contributed by atoms with E-state index in [2.05, 4.69) is 20.8 Å². The second-order valence-corrected chi connectivity index (χ2v) is 7.78. The van der Waals surface area contributed by atoms with Crippen molar-refractivity contribution in [1.82, 2.24) is 25.2 Å². The van der Waals surface area contributed by atoms with Gasteiger partial charge in [0.2, 0.25) is 0 Å². The highest BCUT2D eigenvalue weighted by Gasteiger charge is 2.34. The summed E-state index contributed by atoms with van der Waals surface area (Å²) >= 11 is 2.86. The normalized spacial score (nSPS) is 16.8. The lowest BCUT2D eigenvalue weighted by Gasteiger charge is -2.28. The number of rotatable bonds is 6. The fourth-order valence-corrected chi connectivity index (χ4v) is 4.58. The minimum absolute atomic E-state index is 0.253. The molecule has 144 valence electrons. The van der Waals surface area contributed by atoms with Crippen LogP contribution in [0.15, 0.2) is 58.3 Å². The van der Waals surface area contributed by atoms with Gasteiger partial charge in [0.15, 0.2) is 10.8 Å². The Bertz CT molecular complexity index is 1040. The number of nitrogens with one attached hydrogen (secondary N) is 2. The van der Waals surface area contributed by atoms with Crippen LogP contribution in [0.3, 0.4) is 0 Å². The molecule has 3 aromatic rings. The predicted molar refractivity (Wildman–Crippen MR) is 106 cm³/mol. The summed E-state index contributed by atoms with van der Waals surface area (Å²) in [6, 6.07) is 8.51. The standard InChI is InChI=1S/C18H17N5O3S2/c1-2-26-16(24)14-11(19-17(25)20-15(14)12-6-5-9-27-12)10-28-18-22-21-13-7-3-4-8-23(13)18/h3-9,15H,2,10H2,1H3,(H2,19,20,25). The Hall–Kier alpha value is -2.85. The number of pyridine rings is 1. The van der Waals surface area contributed by atoms with Crippen LogP contribution in [0.4, 0.5) is 4.79 Å². The summed E-state index contributed by atoms with van der Waals surface area (Å²) < 4.78 is 7.11. The van der Waals surface area contributed by atoms with E-state index in [1.54, 1.807) is 6.92 Å². The maximum absolute atomic E-state index is 12.7. The van der Waals surface area contributed by atoms with E-state index >= 15 is 0 Å². The number of amides is 2. The third-order valence-electron chi connectivity index (χ3n) is 4.10. The molecule has 0 fully saturated rings. The monoisotopic (exact) mass is 415 g/mol. The third-order valence-corrected chi connectivity index (χ3v) is 6.01. The number of carbonyl (C=O) groups excluding carboxylic acids is 2. The molecule has 3 aromatic heterocycles. The van der Waals surface area contributed by atoms with E-state index < -0.39 is 12.0 Å². The molecular formula is C18H17N5O3S2. The number of urea groups is 1. The van der Waals surface area contributed by atoms with Gasteiger partial charge in [-0.3, -0.25) is 4.40 Å². The summed E-state index contributed by atoms with van der Waals surface area (Å²) in [4.78, 5) is 25.8. The molecule has 0 spiro atoms. The largest absolute Gasteiger partial charge is 0.463 e. The Balaban J connectivity index is 1.68. The second kappa shape index (κ2) is 8.03. The molecule has 28 heavy (non-hydrogen) atoms. The Morgan fingerprint density at radius 1 is 1.32 bits per heavy atom. The summed E-state index contributed by atoms with van der Waals surface area (Å²) in [5.41, 5.74) is 1.65. The zero-order chi connectivity index (χ0) is 19.5. The number of nitrogens with zero attached hydrogens (tertiary/aromatic N) is 3. The molecule has 0 bridgehead atoms. The smallest absolute Gasteiger partial charge is 0.338 e. The minimum atomic E-state index is -0.543. The van der Waals surface area contributed by atoms with Crippen LogP contribution >= 0.6 is 23.1 Å². The van der Waals surface area contributed by atoms with Crippen LogP contribution in [0.2, 0.25) is 0 Å². The van der Waals surface area contributed by atoms with Crippen molar-refractivity contribution in [3.05, 3.63) is 58.1 Å². The topological polar surface area (TPSA) is 97.6 Å². The van der Waals surface area contributed by atoms with Crippen molar-refractivity contribution in [3.8, 4) is 0 Å². The molecule has 2 N–H and O–H groups in total. The molecule has 0 saturated carbocycles. The lowest BCUT2D eigenvalue weighted by molar-refractivity contribution is -0.139. The molecule has 0 saturated heterocycles. The highest BCUT2D eigenvalue weighted by Crippen LogP contribution is 2.32. The van der Waals surface area contributed by atoms with Crippen LogP contribution in [0.5, 0.6) is 0 Å². The van der Waals surface area contributed by atoms with Crippen LogP contribution in [-0.4, -0.2) is 39.0 Å². The molecule has 1 atom stereocenters. The highest BCUT2D eigenvalue weighted by molar-refractivity contribution is 7.99. The van der Waals surface area contributed by atoms with Crippen LogP contribution in [0.25, 0.3) is 5.65 Å². The SMILES string of the molecule is CCOC(=O)C1=C(CSc2nnc3ccccn23)NC(=O)NC1c1cccs1. The average molecular weight is 416 g/mol. The molecule has 1 aliphatic rings. The van der Waals surface area contributed by atoms with Gasteiger partial charge in [0.25, 0.3) is 0 Å². The van der Waals surface area contributed by atoms with Gasteiger partial charge in [-0.2, -0.15) is 0 Å². The number of ether oxygens (including phenoxy) is 1. The van der Waals surface area contributed by atoms with Gasteiger partial charge >= 0.3 is 12.0 Å². The maximum atomic E-state index is 12.7. The molecule has 8 nitrogen and oxygen atoms in total. The van der Waals surface area contributed by atoms with E-state index in [9.17, 15) is 9.59 Å². The summed E-state index contributed by atoms with van der Waals surface area (Å²) in [7, 11) is 0. The quantitative estimate of drug-likeness (QED) is 0.475. The number of carbonyl (C=O) groups is 2. The van der Waals surface area contributed by atoms with Gasteiger partial charge in [-0.15, -0.1) is 21.5 Å². The van der Waals surface area contributed by atoms with Crippen LogP contribution < -0.4 is 10.6 Å². The molecule has 10 heteroatoms. The molecule has 4 rings (SSSR count). The fraction of sp³-hybridized carbons (Fsp3) is 0.222. The second-order valence-electron chi connectivity index (χ2n) is 5.86. The van der Waals surface area contributed by atoms with Crippen molar-refractivity contribution < 1.29 is 14.3 Å². The zero-order valence-electron chi connectivity index (χ0n) is 14.9. The van der Waals surface area contributed by atoms with Crippen molar-refractivity contribution in [2.24, 2.45) is 0 Å². The molecule has 2 amide bonds. The predicted octanol–water partition coefficient (Wildman–Crippen LogP) is 2.75. The van der Waals surface area contributed by atoms with Crippen molar-refractivity contribution in [2.45, 2.75) is 18.1 Å². The molecule has 0 radical (unpaired) electrons. The Morgan fingerprint density at radius 3 is 3.00 bits per heavy atom. The van der Waals surface area contributed by atoms with Gasteiger partial charge in [0, 0.05) is 22.5 Å². The molecule has 1 aliphatic heterocycles. The van der Waals surface area contributed by atoms with E-state index in [-0.39, 0.29) is 12.6 Å². The number of hydrogen-bond donors (Lipinski definition) is 2. The number of thiophene rings is 1. The number of hydrogen-bond acceptors (Lipinski definition) is 7. The van der Waals surface area contributed by atoms with Crippen LogP contribution in [0.1, 0.15) is 17.8 Å². The first-order valence-corrected chi connectivity index (χ1v) is 10.5. The van der Waals surface area contributed by atoms with E-state index in [4.69, 9.17) is 4.74 Å². The first-order valence-electron chi connectivity index (χ1n) is 8.61. The molecule has 0 aromatic carbocycles. The van der Waals surface area contributed by atoms with E-state index in [0.29, 0.717) is 22.2 Å². The average Bonchev–Trinajstić information content (AvgIpc) is 3.36. The molecule has 1 unspecified atom stereocenters. The Labute approximate surface area is 169 Å². The summed E-state index contributed by atoms with van der Waals surface area (Å²) in [6.07, 6.45) is 1.87. The number of fused-ring (bicyclic) bond motifs is 1. The highest BCUT2D eigenvalue weighted by atomic mass is 32.2. The lowest BCUT2D eigenvalue weighted by atomic mass is 10.0. The van der Waals surface area contributed by atoms with Crippen molar-refractivity contribution >= 4 is 40.7 Å². The van der Waals surface area contributed by atoms with Gasteiger partial charge in [-0.25, -0.2) is 9.59 Å². The fourth-order valence-electron chi connectivity index (χ4n) is 2.91. The number of esters is 1. The molecule has 0 aliphatic carbocycles.